The topological polar surface area (TPSA) is 201 Å². The minimum Gasteiger partial charge on any atom is -0.542 e. The minimum atomic E-state index is -5.19. The van der Waals surface area contributed by atoms with Gasteiger partial charge in [0.25, 0.3) is 0 Å². The molecule has 0 heterocycles. The summed E-state index contributed by atoms with van der Waals surface area (Å²) in [4.78, 5) is 43.9. The van der Waals surface area contributed by atoms with Crippen molar-refractivity contribution in [2.24, 2.45) is 0 Å². The van der Waals surface area contributed by atoms with Gasteiger partial charge in [-0.1, -0.05) is 69.8 Å². The third-order valence-electron chi connectivity index (χ3n) is 3.89. The van der Waals surface area contributed by atoms with Crippen molar-refractivity contribution in [3.8, 4) is 0 Å². The number of aliphatic carboxylic acids is 5. The maximum absolute atomic E-state index is 10.5. The van der Waals surface area contributed by atoms with Gasteiger partial charge in [-0.15, -0.1) is 0 Å². The molecule has 0 saturated heterocycles. The molecule has 0 amide bonds. The number of carboxylic acids is 5. The fraction of sp³-hybridized carbons (Fsp3) is 0.393. The van der Waals surface area contributed by atoms with Gasteiger partial charge in [0.1, 0.15) is 29.8 Å². The molecular formula is C28H24F15O10V-5. The smallest absolute Gasteiger partial charge is 0.430 e. The van der Waals surface area contributed by atoms with E-state index in [4.69, 9.17) is 49.5 Å². The standard InChI is InChI=1S/2C9H12.5C2HF3O2.V/c2*1-7-4-8(2)6-9(3)5-7;5*3-2(4,5)1(6)7;/h2*4-6H,1-3H3;5*(H,6,7);/p-5. The fourth-order valence-electron chi connectivity index (χ4n) is 2.40. The molecule has 2 aromatic carbocycles. The predicted octanol–water partition coefficient (Wildman–Crippen LogP) is 1.71. The van der Waals surface area contributed by atoms with Crippen LogP contribution in [0.5, 0.6) is 0 Å². The summed E-state index contributed by atoms with van der Waals surface area (Å²) < 4.78 is 158. The Morgan fingerprint density at radius 3 is 0.407 bits per heavy atom. The number of alkyl halides is 15. The van der Waals surface area contributed by atoms with E-state index in [9.17, 15) is 65.9 Å². The summed E-state index contributed by atoms with van der Waals surface area (Å²) in [7, 11) is 0. The number of carboxylic acid groups (broad SMARTS) is 5. The Morgan fingerprint density at radius 2 is 0.370 bits per heavy atom. The molecule has 0 unspecified atom stereocenters. The van der Waals surface area contributed by atoms with Gasteiger partial charge in [-0.05, 0) is 41.5 Å². The van der Waals surface area contributed by atoms with Gasteiger partial charge in [0, 0.05) is 18.6 Å². The number of rotatable bonds is 0. The molecule has 0 aromatic heterocycles. The van der Waals surface area contributed by atoms with Crippen LogP contribution < -0.4 is 25.5 Å². The van der Waals surface area contributed by atoms with Crippen molar-refractivity contribution in [2.45, 2.75) is 72.4 Å². The average molecular weight is 856 g/mol. The van der Waals surface area contributed by atoms with Crippen molar-refractivity contribution in [1.82, 2.24) is 0 Å². The Bertz CT molecular complexity index is 1170. The number of hydrogen-bond acceptors (Lipinski definition) is 10. The van der Waals surface area contributed by atoms with Crippen molar-refractivity contribution in [2.75, 3.05) is 0 Å². The van der Waals surface area contributed by atoms with Crippen LogP contribution >= 0.6 is 0 Å². The first-order chi connectivity index (χ1) is 23.1. The summed E-state index contributed by atoms with van der Waals surface area (Å²) in [5.41, 5.74) is 8.13. The zero-order chi connectivity index (χ0) is 44.1. The molecule has 0 bridgehead atoms. The van der Waals surface area contributed by atoms with Crippen LogP contribution in [0, 0.1) is 41.5 Å². The van der Waals surface area contributed by atoms with Gasteiger partial charge in [-0.25, -0.2) is 0 Å². The second kappa shape index (κ2) is 26.2. The molecule has 2 rings (SSSR count). The molecule has 0 aliphatic carbocycles. The van der Waals surface area contributed by atoms with Gasteiger partial charge in [-0.2, -0.15) is 65.9 Å². The maximum atomic E-state index is 10.5. The van der Waals surface area contributed by atoms with Gasteiger partial charge in [0.15, 0.2) is 0 Å². The molecule has 0 aliphatic heterocycles. The molecule has 1 radical (unpaired) electrons. The molecule has 54 heavy (non-hydrogen) atoms. The quantitative estimate of drug-likeness (QED) is 0.352. The Morgan fingerprint density at radius 1 is 0.315 bits per heavy atom. The zero-order valence-corrected chi connectivity index (χ0v) is 29.1. The van der Waals surface area contributed by atoms with E-state index in [0.717, 1.165) is 0 Å². The number of halogens is 15. The predicted molar refractivity (Wildman–Crippen MR) is 137 cm³/mol. The molecule has 0 N–H and O–H groups in total. The summed E-state index contributed by atoms with van der Waals surface area (Å²) in [6, 6.07) is 13.1. The molecule has 0 fully saturated rings. The zero-order valence-electron chi connectivity index (χ0n) is 27.7. The van der Waals surface area contributed by atoms with E-state index in [2.05, 4.69) is 77.9 Å². The first-order valence-electron chi connectivity index (χ1n) is 12.6. The Kier molecular flexibility index (Phi) is 29.7. The Balaban J connectivity index is -0.000000125. The van der Waals surface area contributed by atoms with E-state index < -0.39 is 60.7 Å². The third kappa shape index (κ3) is 41.7. The molecular weight excluding hydrogens is 832 g/mol. The van der Waals surface area contributed by atoms with Crippen molar-refractivity contribution in [3.63, 3.8) is 0 Å². The van der Waals surface area contributed by atoms with Crippen LogP contribution in [0.2, 0.25) is 0 Å². The van der Waals surface area contributed by atoms with E-state index in [0.29, 0.717) is 0 Å². The average Bonchev–Trinajstić information content (AvgIpc) is 2.86. The second-order valence-electron chi connectivity index (χ2n) is 9.26. The third-order valence-corrected chi connectivity index (χ3v) is 3.89. The van der Waals surface area contributed by atoms with Crippen LogP contribution in [0.25, 0.3) is 0 Å². The van der Waals surface area contributed by atoms with Crippen LogP contribution in [0.3, 0.4) is 0 Å². The fourth-order valence-corrected chi connectivity index (χ4v) is 2.40. The monoisotopic (exact) mass is 856 g/mol. The summed E-state index contributed by atoms with van der Waals surface area (Å²) in [6.07, 6.45) is -26.0. The summed E-state index contributed by atoms with van der Waals surface area (Å²) >= 11 is 0. The van der Waals surface area contributed by atoms with Crippen LogP contribution in [-0.4, -0.2) is 60.7 Å². The van der Waals surface area contributed by atoms with Crippen molar-refractivity contribution < 1.29 is 134 Å². The summed E-state index contributed by atoms with van der Waals surface area (Å²) in [5, 5.41) is 43.9. The summed E-state index contributed by atoms with van der Waals surface area (Å²) in [6.45, 7) is 12.8. The maximum Gasteiger partial charge on any atom is 0.430 e. The SMILES string of the molecule is Cc1cc(C)cc(C)c1.Cc1cc(C)cc(C)c1.O=C([O-])C(F)(F)F.O=C([O-])C(F)(F)F.O=C([O-])C(F)(F)F.O=C([O-])C(F)(F)F.O=C([O-])C(F)(F)F.[V]. The van der Waals surface area contributed by atoms with Crippen molar-refractivity contribution in [3.05, 3.63) is 69.8 Å². The molecule has 0 aliphatic rings. The first-order valence-corrected chi connectivity index (χ1v) is 12.6. The molecule has 0 atom stereocenters. The number of carbonyl (C=O) groups is 5. The van der Waals surface area contributed by atoms with E-state index >= 15 is 0 Å². The number of benzene rings is 2. The first kappa shape index (κ1) is 61.4. The van der Waals surface area contributed by atoms with Crippen molar-refractivity contribution >= 4 is 29.8 Å². The van der Waals surface area contributed by atoms with Crippen LogP contribution in [-0.2, 0) is 42.5 Å². The molecule has 10 nitrogen and oxygen atoms in total. The van der Waals surface area contributed by atoms with E-state index in [-0.39, 0.29) is 18.6 Å². The van der Waals surface area contributed by atoms with Gasteiger partial charge in [0.05, 0.1) is 0 Å². The number of aryl methyl sites for hydroxylation is 6. The van der Waals surface area contributed by atoms with Crippen molar-refractivity contribution in [1.29, 1.82) is 0 Å². The van der Waals surface area contributed by atoms with Crippen LogP contribution in [0.1, 0.15) is 33.4 Å². The van der Waals surface area contributed by atoms with Crippen LogP contribution in [0.4, 0.5) is 65.9 Å². The van der Waals surface area contributed by atoms with Gasteiger partial charge in [0.2, 0.25) is 0 Å². The van der Waals surface area contributed by atoms with Gasteiger partial charge >= 0.3 is 30.9 Å². The Labute approximate surface area is 306 Å². The molecule has 26 heteroatoms. The van der Waals surface area contributed by atoms with E-state index in [1.807, 2.05) is 0 Å². The van der Waals surface area contributed by atoms with Gasteiger partial charge < -0.3 is 49.5 Å². The largest absolute Gasteiger partial charge is 0.542 e. The molecule has 2 aromatic rings. The normalized spacial score (nSPS) is 10.5. The second-order valence-corrected chi connectivity index (χ2v) is 9.26. The molecule has 0 spiro atoms. The molecule has 311 valence electrons. The van der Waals surface area contributed by atoms with Crippen LogP contribution in [0.15, 0.2) is 36.4 Å². The minimum absolute atomic E-state index is 0. The molecule has 0 saturated carbocycles. The van der Waals surface area contributed by atoms with E-state index in [1.54, 1.807) is 0 Å². The number of hydrogen-bond donors (Lipinski definition) is 0. The Hall–Kier alpha value is -4.68. The van der Waals surface area contributed by atoms with E-state index in [1.165, 1.54) is 33.4 Å². The summed E-state index contributed by atoms with van der Waals surface area (Å²) in [5.74, 6) is -15.0. The van der Waals surface area contributed by atoms with Gasteiger partial charge in [-0.3, -0.25) is 0 Å². The number of carbonyl (C=O) groups excluding carboxylic acids is 5.